The van der Waals surface area contributed by atoms with Crippen molar-refractivity contribution in [3.05, 3.63) is 0 Å². The van der Waals surface area contributed by atoms with E-state index in [2.05, 4.69) is 0 Å². The van der Waals surface area contributed by atoms with Crippen LogP contribution in [-0.2, 0) is 53.3 Å². The molecule has 0 spiro atoms. The summed E-state index contributed by atoms with van der Waals surface area (Å²) in [5, 5.41) is 33.0. The second kappa shape index (κ2) is 167. The van der Waals surface area contributed by atoms with Gasteiger partial charge >= 0.3 is 34.1 Å². The van der Waals surface area contributed by atoms with E-state index < -0.39 is 25.9 Å². The molecule has 0 saturated heterocycles. The van der Waals surface area contributed by atoms with E-state index in [1.54, 1.807) is 0 Å². The summed E-state index contributed by atoms with van der Waals surface area (Å²) in [6.07, 6.45) is 0. The predicted octanol–water partition coefficient (Wildman–Crippen LogP) is -6.54. The number of hydrogen-bond acceptors (Lipinski definition) is 8. The second-order valence-electron chi connectivity index (χ2n) is 0.385. The van der Waals surface area contributed by atoms with Crippen LogP contribution in [0.2, 0.25) is 0 Å². The zero-order valence-corrected chi connectivity index (χ0v) is 8.69. The molecule has 0 rings (SSSR count). The quantitative estimate of drug-likeness (QED) is 0.314. The smallest absolute Gasteiger partial charge is 0.554 e. The second-order valence-corrected chi connectivity index (χ2v) is 0.385. The van der Waals surface area contributed by atoms with Gasteiger partial charge in [0.25, 0.3) is 0 Å². The maximum atomic E-state index is 8.25. The Morgan fingerprint density at radius 3 is 0.500 bits per heavy atom. The summed E-state index contributed by atoms with van der Waals surface area (Å²) in [7, 11) is 0. The molecule has 0 N–H and O–H groups in total. The van der Waals surface area contributed by atoms with Gasteiger partial charge in [0, 0.05) is 25.9 Å². The largest absolute Gasteiger partial charge is 2.00 e. The van der Waals surface area contributed by atoms with Crippen LogP contribution in [0.3, 0.4) is 0 Å². The summed E-state index contributed by atoms with van der Waals surface area (Å²) in [6, 6.07) is 0. The Kier molecular flexibility index (Phi) is 457. The maximum Gasteiger partial charge on any atom is 2.00 e. The summed E-state index contributed by atoms with van der Waals surface area (Å²) >= 11 is 0. The summed E-state index contributed by atoms with van der Waals surface area (Å²) in [4.78, 5) is 33.0. The monoisotopic (exact) mass is 290 g/mol. The van der Waals surface area contributed by atoms with Crippen LogP contribution in [-0.4, -0.2) is 25.9 Å². The third-order valence-corrected chi connectivity index (χ3v) is 0. The van der Waals surface area contributed by atoms with Crippen LogP contribution >= 0.6 is 0 Å². The van der Waals surface area contributed by atoms with Gasteiger partial charge in [0.2, 0.25) is 0 Å². The fraction of sp³-hybridized carbons (Fsp3) is 0. The predicted molar refractivity (Wildman–Crippen MR) is 24.3 cm³/mol. The topological polar surface area (TPSA) is 161 Å². The van der Waals surface area contributed by atoms with Crippen LogP contribution in [0.4, 0.5) is 0 Å². The Balaban J connectivity index is -0.0000000145. The van der Waals surface area contributed by atoms with Crippen LogP contribution in [0.1, 0.15) is 0 Å². The molecule has 2 radical (unpaired) electrons. The van der Waals surface area contributed by atoms with E-state index in [0.29, 0.717) is 0 Å². The standard InChI is InChI=1S/4CH2O2.2Mn/c4*2-1-3;;/h4*1H,(H,2,3);;/q;;;;2*+2/p-4. The van der Waals surface area contributed by atoms with Crippen molar-refractivity contribution in [3.8, 4) is 0 Å². The molecular formula is C4H4Mn2O8. The van der Waals surface area contributed by atoms with Crippen LogP contribution in [0, 0.1) is 0 Å². The Hall–Kier alpha value is -1.08. The first-order valence-electron chi connectivity index (χ1n) is 1.89. The van der Waals surface area contributed by atoms with E-state index in [9.17, 15) is 0 Å². The average molecular weight is 290 g/mol. The van der Waals surface area contributed by atoms with E-state index in [1.807, 2.05) is 0 Å². The minimum absolute atomic E-state index is 0. The molecule has 0 heterocycles. The Bertz CT molecular complexity index is 73.3. The summed E-state index contributed by atoms with van der Waals surface area (Å²) < 4.78 is 0. The van der Waals surface area contributed by atoms with E-state index in [-0.39, 0.29) is 34.1 Å². The van der Waals surface area contributed by atoms with Gasteiger partial charge < -0.3 is 39.6 Å². The van der Waals surface area contributed by atoms with Gasteiger partial charge in [0.15, 0.2) is 0 Å². The molecule has 0 aromatic carbocycles. The maximum absolute atomic E-state index is 8.25. The van der Waals surface area contributed by atoms with E-state index >= 15 is 0 Å². The van der Waals surface area contributed by atoms with E-state index in [4.69, 9.17) is 39.6 Å². The van der Waals surface area contributed by atoms with Crippen LogP contribution in [0.25, 0.3) is 0 Å². The molecule has 0 saturated carbocycles. The van der Waals surface area contributed by atoms with Gasteiger partial charge in [0.05, 0.1) is 0 Å². The van der Waals surface area contributed by atoms with Gasteiger partial charge in [-0.3, -0.25) is 0 Å². The van der Waals surface area contributed by atoms with Crippen molar-refractivity contribution in [3.63, 3.8) is 0 Å². The van der Waals surface area contributed by atoms with Gasteiger partial charge in [-0.2, -0.15) is 0 Å². The minimum Gasteiger partial charge on any atom is -0.554 e. The molecule has 0 aromatic heterocycles. The zero-order chi connectivity index (χ0) is 10.8. The average Bonchev–Trinajstić information content (AvgIpc) is 1.92. The van der Waals surface area contributed by atoms with Crippen molar-refractivity contribution in [1.82, 2.24) is 0 Å². The van der Waals surface area contributed by atoms with Gasteiger partial charge in [-0.15, -0.1) is 0 Å². The van der Waals surface area contributed by atoms with Crippen LogP contribution in [0.15, 0.2) is 0 Å². The van der Waals surface area contributed by atoms with Crippen molar-refractivity contribution in [2.45, 2.75) is 0 Å². The van der Waals surface area contributed by atoms with Crippen LogP contribution in [0.5, 0.6) is 0 Å². The fourth-order valence-corrected chi connectivity index (χ4v) is 0. The van der Waals surface area contributed by atoms with Gasteiger partial charge in [0.1, 0.15) is 0 Å². The molecular weight excluding hydrogens is 286 g/mol. The fourth-order valence-electron chi connectivity index (χ4n) is 0. The van der Waals surface area contributed by atoms with Crippen molar-refractivity contribution in [2.75, 3.05) is 0 Å². The third-order valence-electron chi connectivity index (χ3n) is 0. The van der Waals surface area contributed by atoms with Gasteiger partial charge in [-0.05, 0) is 0 Å². The molecule has 8 nitrogen and oxygen atoms in total. The number of rotatable bonds is 0. The molecule has 0 atom stereocenters. The van der Waals surface area contributed by atoms with Crippen molar-refractivity contribution in [2.24, 2.45) is 0 Å². The molecule has 0 fully saturated rings. The third kappa shape index (κ3) is 919. The molecule has 0 aliphatic rings. The first-order chi connectivity index (χ1) is 5.66. The van der Waals surface area contributed by atoms with E-state index in [1.165, 1.54) is 0 Å². The van der Waals surface area contributed by atoms with Gasteiger partial charge in [-0.1, -0.05) is 0 Å². The Labute approximate surface area is 99.9 Å². The number of hydrogen-bond donors (Lipinski definition) is 0. The van der Waals surface area contributed by atoms with Crippen molar-refractivity contribution >= 4 is 25.9 Å². The molecule has 0 bridgehead atoms. The first kappa shape index (κ1) is 38.3. The number of carboxylic acid groups (broad SMARTS) is 4. The molecule has 0 amide bonds. The van der Waals surface area contributed by atoms with E-state index in [0.717, 1.165) is 0 Å². The Morgan fingerprint density at radius 2 is 0.500 bits per heavy atom. The number of carbonyl (C=O) groups excluding carboxylic acids is 4. The minimum atomic E-state index is -0.500. The normalized spacial score (nSPS) is 3.43. The zero-order valence-electron chi connectivity index (χ0n) is 6.33. The van der Waals surface area contributed by atoms with Crippen molar-refractivity contribution < 1.29 is 73.7 Å². The molecule has 0 aliphatic heterocycles. The molecule has 10 heteroatoms. The molecule has 14 heavy (non-hydrogen) atoms. The summed E-state index contributed by atoms with van der Waals surface area (Å²) in [6.45, 7) is -2.00. The SMILES string of the molecule is O=C[O-].O=C[O-].O=C[O-].O=C[O-].[Mn+2].[Mn+2]. The molecule has 82 valence electrons. The van der Waals surface area contributed by atoms with Gasteiger partial charge in [-0.25, -0.2) is 0 Å². The summed E-state index contributed by atoms with van der Waals surface area (Å²) in [5.41, 5.74) is 0. The number of carbonyl (C=O) groups is 4. The summed E-state index contributed by atoms with van der Waals surface area (Å²) in [5.74, 6) is 0. The molecule has 0 aromatic rings. The van der Waals surface area contributed by atoms with Crippen LogP contribution < -0.4 is 20.4 Å². The Morgan fingerprint density at radius 1 is 0.500 bits per heavy atom. The molecule has 0 aliphatic carbocycles. The van der Waals surface area contributed by atoms with Crippen molar-refractivity contribution in [1.29, 1.82) is 0 Å². The molecule has 0 unspecified atom stereocenters. The first-order valence-corrected chi connectivity index (χ1v) is 1.89.